The minimum atomic E-state index is -0.925. The van der Waals surface area contributed by atoms with Crippen molar-refractivity contribution in [2.45, 2.75) is 26.9 Å². The molecule has 1 aromatic heterocycles. The molecule has 0 saturated carbocycles. The second-order valence-corrected chi connectivity index (χ2v) is 6.58. The maximum atomic E-state index is 13.1. The molecule has 1 amide bonds. The van der Waals surface area contributed by atoms with Gasteiger partial charge in [0.15, 0.2) is 11.9 Å². The third-order valence-corrected chi connectivity index (χ3v) is 4.31. The molecule has 0 saturated heterocycles. The van der Waals surface area contributed by atoms with Gasteiger partial charge in [-0.25, -0.2) is 0 Å². The highest BCUT2D eigenvalue weighted by Crippen LogP contribution is 2.18. The highest BCUT2D eigenvalue weighted by molar-refractivity contribution is 6.04. The molecule has 1 heterocycles. The lowest BCUT2D eigenvalue weighted by Gasteiger charge is -2.21. The summed E-state index contributed by atoms with van der Waals surface area (Å²) in [5.74, 6) is -0.529. The quantitative estimate of drug-likeness (QED) is 0.508. The van der Waals surface area contributed by atoms with Gasteiger partial charge in [-0.2, -0.15) is 0 Å². The topological polar surface area (TPSA) is 71.3 Å². The van der Waals surface area contributed by atoms with Gasteiger partial charge in [0, 0.05) is 11.3 Å². The number of benzene rings is 2. The first kappa shape index (κ1) is 18.5. The number of hydrogen-bond donors (Lipinski definition) is 2. The van der Waals surface area contributed by atoms with Gasteiger partial charge in [-0.05, 0) is 50.1 Å². The Morgan fingerprint density at radius 1 is 0.926 bits per heavy atom. The molecule has 2 aromatic carbocycles. The number of carbonyl (C=O) groups excluding carboxylic acids is 2. The summed E-state index contributed by atoms with van der Waals surface area (Å²) in [6.45, 7) is 5.88. The average molecular weight is 362 g/mol. The van der Waals surface area contributed by atoms with Crippen molar-refractivity contribution in [2.75, 3.05) is 5.32 Å². The lowest BCUT2D eigenvalue weighted by Crippen LogP contribution is -2.46. The van der Waals surface area contributed by atoms with Gasteiger partial charge in [-0.1, -0.05) is 42.0 Å². The van der Waals surface area contributed by atoms with E-state index in [0.717, 1.165) is 22.4 Å². The van der Waals surface area contributed by atoms with Gasteiger partial charge in [0.05, 0.1) is 6.26 Å². The Balaban J connectivity index is 1.90. The first-order valence-corrected chi connectivity index (χ1v) is 8.73. The number of carbonyl (C=O) groups is 2. The Morgan fingerprint density at radius 2 is 1.63 bits per heavy atom. The van der Waals surface area contributed by atoms with E-state index in [1.807, 2.05) is 51.1 Å². The van der Waals surface area contributed by atoms with Crippen molar-refractivity contribution in [1.82, 2.24) is 5.32 Å². The van der Waals surface area contributed by atoms with Gasteiger partial charge >= 0.3 is 0 Å². The first-order chi connectivity index (χ1) is 12.9. The molecule has 3 rings (SSSR count). The average Bonchev–Trinajstić information content (AvgIpc) is 3.19. The smallest absolute Gasteiger partial charge is 0.288 e. The Bertz CT molecular complexity index is 944. The lowest BCUT2D eigenvalue weighted by atomic mass is 10.1. The van der Waals surface area contributed by atoms with Crippen LogP contribution in [0, 0.1) is 20.8 Å². The fourth-order valence-corrected chi connectivity index (χ4v) is 2.71. The predicted octanol–water partition coefficient (Wildman–Crippen LogP) is 4.26. The summed E-state index contributed by atoms with van der Waals surface area (Å²) in [4.78, 5) is 25.5. The van der Waals surface area contributed by atoms with E-state index >= 15 is 0 Å². The molecule has 0 radical (unpaired) electrons. The summed E-state index contributed by atoms with van der Waals surface area (Å²) in [6.07, 6.45) is 0.495. The molecule has 27 heavy (non-hydrogen) atoms. The zero-order valence-corrected chi connectivity index (χ0v) is 15.6. The van der Waals surface area contributed by atoms with Gasteiger partial charge in [-0.3, -0.25) is 9.59 Å². The monoisotopic (exact) mass is 362 g/mol. The van der Waals surface area contributed by atoms with Crippen LogP contribution >= 0.6 is 0 Å². The Hall–Kier alpha value is -3.34. The summed E-state index contributed by atoms with van der Waals surface area (Å²) in [5.41, 5.74) is 4.41. The van der Waals surface area contributed by atoms with Crippen LogP contribution < -0.4 is 10.6 Å². The van der Waals surface area contributed by atoms with Crippen LogP contribution in [0.25, 0.3) is 0 Å². The van der Waals surface area contributed by atoms with Crippen molar-refractivity contribution in [2.24, 2.45) is 0 Å². The predicted molar refractivity (Wildman–Crippen MR) is 105 cm³/mol. The van der Waals surface area contributed by atoms with E-state index in [1.165, 1.54) is 6.26 Å². The molecule has 0 fully saturated rings. The molecule has 1 atom stereocenters. The highest BCUT2D eigenvalue weighted by Gasteiger charge is 2.24. The van der Waals surface area contributed by atoms with Crippen molar-refractivity contribution < 1.29 is 14.0 Å². The van der Waals surface area contributed by atoms with Gasteiger partial charge < -0.3 is 15.1 Å². The first-order valence-electron chi connectivity index (χ1n) is 8.73. The van der Waals surface area contributed by atoms with Gasteiger partial charge in [-0.15, -0.1) is 0 Å². The number of rotatable bonds is 6. The molecule has 3 aromatic rings. The van der Waals surface area contributed by atoms with E-state index in [4.69, 9.17) is 4.42 Å². The molecule has 5 heteroatoms. The number of furan rings is 1. The lowest BCUT2D eigenvalue weighted by molar-refractivity contribution is 0.0852. The minimum Gasteiger partial charge on any atom is -0.459 e. The molecule has 0 aliphatic heterocycles. The molecule has 0 aliphatic rings. The van der Waals surface area contributed by atoms with Crippen LogP contribution in [0.3, 0.4) is 0 Å². The number of nitrogens with one attached hydrogen (secondary N) is 2. The van der Waals surface area contributed by atoms with Crippen molar-refractivity contribution in [3.8, 4) is 0 Å². The highest BCUT2D eigenvalue weighted by atomic mass is 16.3. The molecule has 1 unspecified atom stereocenters. The summed E-state index contributed by atoms with van der Waals surface area (Å²) in [7, 11) is 0. The third kappa shape index (κ3) is 4.44. The van der Waals surface area contributed by atoms with E-state index in [1.54, 1.807) is 24.3 Å². The fourth-order valence-electron chi connectivity index (χ4n) is 2.71. The summed E-state index contributed by atoms with van der Waals surface area (Å²) in [6, 6.07) is 16.4. The van der Waals surface area contributed by atoms with E-state index in [9.17, 15) is 9.59 Å². The van der Waals surface area contributed by atoms with Crippen LogP contribution in [0.15, 0.2) is 65.3 Å². The number of aryl methyl sites for hydroxylation is 3. The van der Waals surface area contributed by atoms with Gasteiger partial charge in [0.25, 0.3) is 5.91 Å². The van der Waals surface area contributed by atoms with E-state index in [2.05, 4.69) is 10.6 Å². The molecular weight excluding hydrogens is 340 g/mol. The van der Waals surface area contributed by atoms with E-state index < -0.39 is 12.1 Å². The molecule has 138 valence electrons. The molecular formula is C22H22N2O3. The maximum absolute atomic E-state index is 13.1. The summed E-state index contributed by atoms with van der Waals surface area (Å²) >= 11 is 0. The number of hydrogen-bond acceptors (Lipinski definition) is 4. The largest absolute Gasteiger partial charge is 0.459 e. The zero-order valence-electron chi connectivity index (χ0n) is 15.6. The SMILES string of the molecule is Cc1ccc(C(=O)C(NC(=O)c2ccco2)Nc2cc(C)ccc2C)cc1. The Kier molecular flexibility index (Phi) is 5.41. The standard InChI is InChI=1S/C22H22N2O3/c1-14-7-10-17(11-8-14)20(25)21(24-22(26)19-5-4-12-27-19)23-18-13-15(2)6-9-16(18)3/h4-13,21,23H,1-3H3,(H,24,26). The normalized spacial score (nSPS) is 11.7. The van der Waals surface area contributed by atoms with Crippen molar-refractivity contribution in [1.29, 1.82) is 0 Å². The van der Waals surface area contributed by atoms with E-state index in [-0.39, 0.29) is 11.5 Å². The van der Waals surface area contributed by atoms with Crippen molar-refractivity contribution in [3.63, 3.8) is 0 Å². The number of ketones is 1. The zero-order chi connectivity index (χ0) is 19.4. The minimum absolute atomic E-state index is 0.152. The van der Waals surface area contributed by atoms with Crippen LogP contribution in [0.2, 0.25) is 0 Å². The van der Waals surface area contributed by atoms with Crippen LogP contribution in [0.4, 0.5) is 5.69 Å². The van der Waals surface area contributed by atoms with Gasteiger partial charge in [0.1, 0.15) is 0 Å². The molecule has 5 nitrogen and oxygen atoms in total. The second kappa shape index (κ2) is 7.91. The number of anilines is 1. The van der Waals surface area contributed by atoms with E-state index in [0.29, 0.717) is 5.56 Å². The van der Waals surface area contributed by atoms with Crippen LogP contribution in [-0.2, 0) is 0 Å². The Labute approximate surface area is 158 Å². The second-order valence-electron chi connectivity index (χ2n) is 6.58. The molecule has 2 N–H and O–H groups in total. The number of Topliss-reactive ketones (excluding diaryl/α,β-unsaturated/α-hetero) is 1. The Morgan fingerprint density at radius 3 is 2.30 bits per heavy atom. The van der Waals surface area contributed by atoms with Crippen molar-refractivity contribution >= 4 is 17.4 Å². The third-order valence-electron chi connectivity index (χ3n) is 4.31. The molecule has 0 aliphatic carbocycles. The fraction of sp³-hybridized carbons (Fsp3) is 0.182. The van der Waals surface area contributed by atoms with Crippen LogP contribution in [-0.4, -0.2) is 17.9 Å². The van der Waals surface area contributed by atoms with Crippen molar-refractivity contribution in [3.05, 3.63) is 88.9 Å². The molecule has 0 bridgehead atoms. The maximum Gasteiger partial charge on any atom is 0.288 e. The molecule has 0 spiro atoms. The van der Waals surface area contributed by atoms with Crippen LogP contribution in [0.1, 0.15) is 37.6 Å². The number of amides is 1. The summed E-state index contributed by atoms with van der Waals surface area (Å²) in [5, 5.41) is 5.90. The van der Waals surface area contributed by atoms with Gasteiger partial charge in [0.2, 0.25) is 5.78 Å². The van der Waals surface area contributed by atoms with Crippen LogP contribution in [0.5, 0.6) is 0 Å². The summed E-state index contributed by atoms with van der Waals surface area (Å²) < 4.78 is 5.14.